The van der Waals surface area contributed by atoms with Crippen molar-refractivity contribution in [1.82, 2.24) is 15.2 Å². The van der Waals surface area contributed by atoms with Gasteiger partial charge in [0.15, 0.2) is 0 Å². The third-order valence-corrected chi connectivity index (χ3v) is 1.64. The lowest BCUT2D eigenvalue weighted by Gasteiger charge is -2.00. The first-order valence-corrected chi connectivity index (χ1v) is 3.98. The fourth-order valence-corrected chi connectivity index (χ4v) is 0.991. The molecule has 0 fully saturated rings. The number of carboxylic acid groups (broad SMARTS) is 1. The Morgan fingerprint density at radius 1 is 1.38 bits per heavy atom. The molecule has 5 nitrogen and oxygen atoms in total. The Balaban J connectivity index is 2.72. The Bertz CT molecular complexity index is 325. The largest absolute Gasteiger partial charge is 0.481 e. The summed E-state index contributed by atoms with van der Waals surface area (Å²) in [6.07, 6.45) is 0.460. The van der Waals surface area contributed by atoms with Crippen molar-refractivity contribution in [3.8, 4) is 0 Å². The molecular weight excluding hydrogens is 170 g/mol. The molecule has 0 unspecified atom stereocenters. The SMILES string of the molecule is Cc1nnc(CCC(=O)O)c(C)n1. The predicted molar refractivity (Wildman–Crippen MR) is 45.3 cm³/mol. The standard InChI is InChI=1S/C8H11N3O2/c1-5-7(3-4-8(12)13)11-10-6(2)9-5/h3-4H2,1-2H3,(H,12,13). The first-order valence-electron chi connectivity index (χ1n) is 3.98. The highest BCUT2D eigenvalue weighted by atomic mass is 16.4. The Labute approximate surface area is 75.8 Å². The summed E-state index contributed by atoms with van der Waals surface area (Å²) < 4.78 is 0. The fourth-order valence-electron chi connectivity index (χ4n) is 0.991. The fraction of sp³-hybridized carbons (Fsp3) is 0.500. The van der Waals surface area contributed by atoms with Crippen LogP contribution < -0.4 is 0 Å². The highest BCUT2D eigenvalue weighted by Gasteiger charge is 2.05. The number of hydrogen-bond donors (Lipinski definition) is 1. The zero-order valence-corrected chi connectivity index (χ0v) is 7.61. The van der Waals surface area contributed by atoms with Crippen molar-refractivity contribution in [3.63, 3.8) is 0 Å². The van der Waals surface area contributed by atoms with E-state index in [0.717, 1.165) is 5.69 Å². The van der Waals surface area contributed by atoms with Crippen molar-refractivity contribution in [1.29, 1.82) is 0 Å². The second-order valence-electron chi connectivity index (χ2n) is 2.78. The van der Waals surface area contributed by atoms with Crippen molar-refractivity contribution in [2.45, 2.75) is 26.7 Å². The van der Waals surface area contributed by atoms with Gasteiger partial charge in [-0.2, -0.15) is 5.10 Å². The molecule has 0 radical (unpaired) electrons. The monoisotopic (exact) mass is 181 g/mol. The van der Waals surface area contributed by atoms with Gasteiger partial charge in [0.2, 0.25) is 0 Å². The van der Waals surface area contributed by atoms with E-state index in [1.54, 1.807) is 13.8 Å². The molecule has 0 aliphatic heterocycles. The van der Waals surface area contributed by atoms with Gasteiger partial charge in [-0.15, -0.1) is 5.10 Å². The van der Waals surface area contributed by atoms with Crippen LogP contribution >= 0.6 is 0 Å². The van der Waals surface area contributed by atoms with Crippen LogP contribution in [0.1, 0.15) is 23.6 Å². The maximum absolute atomic E-state index is 10.3. The van der Waals surface area contributed by atoms with Gasteiger partial charge in [0.1, 0.15) is 5.82 Å². The molecule has 0 bridgehead atoms. The van der Waals surface area contributed by atoms with Gasteiger partial charge < -0.3 is 5.11 Å². The van der Waals surface area contributed by atoms with Crippen molar-refractivity contribution >= 4 is 5.97 Å². The summed E-state index contributed by atoms with van der Waals surface area (Å²) in [4.78, 5) is 14.4. The molecule has 0 saturated heterocycles. The van der Waals surface area contributed by atoms with Crippen LogP contribution in [-0.4, -0.2) is 26.3 Å². The van der Waals surface area contributed by atoms with E-state index in [-0.39, 0.29) is 6.42 Å². The quantitative estimate of drug-likeness (QED) is 0.735. The molecule has 1 aromatic heterocycles. The van der Waals surface area contributed by atoms with Crippen LogP contribution in [-0.2, 0) is 11.2 Å². The van der Waals surface area contributed by atoms with E-state index in [1.165, 1.54) is 0 Å². The molecule has 1 heterocycles. The van der Waals surface area contributed by atoms with Crippen LogP contribution in [0.25, 0.3) is 0 Å². The minimum absolute atomic E-state index is 0.0697. The number of aliphatic carboxylic acids is 1. The first-order chi connectivity index (χ1) is 6.09. The molecule has 0 spiro atoms. The van der Waals surface area contributed by atoms with E-state index in [4.69, 9.17) is 5.11 Å². The summed E-state index contributed by atoms with van der Waals surface area (Å²) in [5.74, 6) is -0.224. The zero-order valence-electron chi connectivity index (χ0n) is 7.61. The summed E-state index contributed by atoms with van der Waals surface area (Å²) in [6.45, 7) is 3.56. The molecule has 1 aromatic rings. The average Bonchev–Trinajstić information content (AvgIpc) is 2.02. The first kappa shape index (κ1) is 9.57. The summed E-state index contributed by atoms with van der Waals surface area (Å²) >= 11 is 0. The predicted octanol–water partition coefficient (Wildman–Crippen LogP) is 0.506. The van der Waals surface area contributed by atoms with Gasteiger partial charge in [-0.1, -0.05) is 0 Å². The molecule has 0 aliphatic rings. The molecule has 0 atom stereocenters. The van der Waals surface area contributed by atoms with Gasteiger partial charge in [0.05, 0.1) is 17.8 Å². The Hall–Kier alpha value is -1.52. The second kappa shape index (κ2) is 3.93. The third kappa shape index (κ3) is 2.77. The van der Waals surface area contributed by atoms with Crippen LogP contribution in [0.15, 0.2) is 0 Å². The number of aromatic nitrogens is 3. The van der Waals surface area contributed by atoms with Crippen LogP contribution in [0.5, 0.6) is 0 Å². The lowest BCUT2D eigenvalue weighted by molar-refractivity contribution is -0.136. The third-order valence-electron chi connectivity index (χ3n) is 1.64. The summed E-state index contributed by atoms with van der Waals surface area (Å²) in [5.41, 5.74) is 1.42. The van der Waals surface area contributed by atoms with E-state index < -0.39 is 5.97 Å². The second-order valence-corrected chi connectivity index (χ2v) is 2.78. The Morgan fingerprint density at radius 2 is 2.08 bits per heavy atom. The zero-order chi connectivity index (χ0) is 9.84. The Morgan fingerprint density at radius 3 is 2.62 bits per heavy atom. The maximum atomic E-state index is 10.3. The molecule has 1 N–H and O–H groups in total. The molecule has 0 saturated carbocycles. The van der Waals surface area contributed by atoms with Crippen molar-refractivity contribution in [2.75, 3.05) is 0 Å². The molecule has 0 amide bonds. The molecule has 0 aliphatic carbocycles. The van der Waals surface area contributed by atoms with E-state index in [0.29, 0.717) is 17.9 Å². The van der Waals surface area contributed by atoms with E-state index in [2.05, 4.69) is 15.2 Å². The van der Waals surface area contributed by atoms with E-state index >= 15 is 0 Å². The van der Waals surface area contributed by atoms with E-state index in [9.17, 15) is 4.79 Å². The number of carbonyl (C=O) groups is 1. The molecule has 13 heavy (non-hydrogen) atoms. The van der Waals surface area contributed by atoms with Gasteiger partial charge in [-0.05, 0) is 13.8 Å². The normalized spacial score (nSPS) is 10.0. The number of aryl methyl sites for hydroxylation is 3. The van der Waals surface area contributed by atoms with Crippen molar-refractivity contribution in [3.05, 3.63) is 17.2 Å². The number of nitrogens with zero attached hydrogens (tertiary/aromatic N) is 3. The minimum Gasteiger partial charge on any atom is -0.481 e. The van der Waals surface area contributed by atoms with Gasteiger partial charge in [0, 0.05) is 6.42 Å². The maximum Gasteiger partial charge on any atom is 0.303 e. The molecular formula is C8H11N3O2. The highest BCUT2D eigenvalue weighted by molar-refractivity contribution is 5.66. The summed E-state index contributed by atoms with van der Waals surface area (Å²) in [6, 6.07) is 0. The van der Waals surface area contributed by atoms with Gasteiger partial charge in [-0.3, -0.25) is 4.79 Å². The summed E-state index contributed by atoms with van der Waals surface area (Å²) in [5, 5.41) is 16.1. The van der Waals surface area contributed by atoms with Crippen molar-refractivity contribution in [2.24, 2.45) is 0 Å². The highest BCUT2D eigenvalue weighted by Crippen LogP contribution is 2.03. The number of rotatable bonds is 3. The number of hydrogen-bond acceptors (Lipinski definition) is 4. The van der Waals surface area contributed by atoms with Crippen LogP contribution in [0, 0.1) is 13.8 Å². The lowest BCUT2D eigenvalue weighted by atomic mass is 10.2. The minimum atomic E-state index is -0.832. The average molecular weight is 181 g/mol. The molecule has 70 valence electrons. The smallest absolute Gasteiger partial charge is 0.303 e. The van der Waals surface area contributed by atoms with Crippen molar-refractivity contribution < 1.29 is 9.90 Å². The van der Waals surface area contributed by atoms with Crippen LogP contribution in [0.4, 0.5) is 0 Å². The summed E-state index contributed by atoms with van der Waals surface area (Å²) in [7, 11) is 0. The lowest BCUT2D eigenvalue weighted by Crippen LogP contribution is -2.05. The van der Waals surface area contributed by atoms with Gasteiger partial charge in [0.25, 0.3) is 0 Å². The molecule has 0 aromatic carbocycles. The Kier molecular flexibility index (Phi) is 2.89. The molecule has 1 rings (SSSR count). The van der Waals surface area contributed by atoms with Gasteiger partial charge in [-0.25, -0.2) is 4.98 Å². The number of carboxylic acids is 1. The van der Waals surface area contributed by atoms with Gasteiger partial charge >= 0.3 is 5.97 Å². The van der Waals surface area contributed by atoms with Crippen LogP contribution in [0.2, 0.25) is 0 Å². The van der Waals surface area contributed by atoms with E-state index in [1.807, 2.05) is 0 Å². The molecule has 5 heteroatoms. The van der Waals surface area contributed by atoms with Crippen LogP contribution in [0.3, 0.4) is 0 Å². The topological polar surface area (TPSA) is 76.0 Å².